The van der Waals surface area contributed by atoms with Crippen molar-refractivity contribution in [2.24, 2.45) is 0 Å². The summed E-state index contributed by atoms with van der Waals surface area (Å²) in [4.78, 5) is 33.8. The number of furan rings is 1. The summed E-state index contributed by atoms with van der Waals surface area (Å²) in [6.07, 6.45) is 0.748. The van der Waals surface area contributed by atoms with Gasteiger partial charge in [0, 0.05) is 37.1 Å². The van der Waals surface area contributed by atoms with Gasteiger partial charge in [-0.1, -0.05) is 17.7 Å². The number of rotatable bonds is 3. The first-order chi connectivity index (χ1) is 14.0. The molecule has 0 unspecified atom stereocenters. The lowest BCUT2D eigenvalue weighted by Crippen LogP contribution is -2.37. The Labute approximate surface area is 173 Å². The Hall–Kier alpha value is -2.93. The van der Waals surface area contributed by atoms with Crippen molar-refractivity contribution in [2.45, 2.75) is 20.3 Å². The lowest BCUT2D eigenvalue weighted by Gasteiger charge is -2.22. The molecule has 1 aromatic carbocycles. The summed E-state index contributed by atoms with van der Waals surface area (Å²) < 4.78 is 5.60. The molecular weight excluding hydrogens is 386 g/mol. The molecule has 0 radical (unpaired) electrons. The van der Waals surface area contributed by atoms with E-state index in [1.807, 2.05) is 55.1 Å². The molecule has 6 nitrogen and oxygen atoms in total. The fourth-order valence-corrected chi connectivity index (χ4v) is 4.23. The van der Waals surface area contributed by atoms with Crippen molar-refractivity contribution in [3.8, 4) is 10.8 Å². The zero-order valence-corrected chi connectivity index (χ0v) is 17.4. The molecule has 0 spiro atoms. The third-order valence-corrected chi connectivity index (χ3v) is 5.87. The van der Waals surface area contributed by atoms with Crippen LogP contribution in [0.3, 0.4) is 0 Å². The van der Waals surface area contributed by atoms with E-state index in [1.54, 1.807) is 10.3 Å². The van der Waals surface area contributed by atoms with Gasteiger partial charge in [-0.2, -0.15) is 0 Å². The number of benzene rings is 1. The van der Waals surface area contributed by atoms with E-state index in [0.29, 0.717) is 48.2 Å². The second-order valence-electron chi connectivity index (χ2n) is 7.26. The van der Waals surface area contributed by atoms with Crippen LogP contribution in [0.4, 0.5) is 0 Å². The molecule has 0 saturated carbocycles. The maximum Gasteiger partial charge on any atom is 0.273 e. The highest BCUT2D eigenvalue weighted by Crippen LogP contribution is 2.26. The van der Waals surface area contributed by atoms with E-state index in [1.165, 1.54) is 11.3 Å². The quantitative estimate of drug-likeness (QED) is 0.656. The fraction of sp³-hybridized carbons (Fsp3) is 0.318. The minimum absolute atomic E-state index is 0.0205. The van der Waals surface area contributed by atoms with E-state index in [9.17, 15) is 9.59 Å². The number of carbonyl (C=O) groups is 2. The van der Waals surface area contributed by atoms with Crippen LogP contribution in [-0.4, -0.2) is 52.8 Å². The van der Waals surface area contributed by atoms with Crippen LogP contribution in [0.2, 0.25) is 0 Å². The smallest absolute Gasteiger partial charge is 0.273 e. The minimum atomic E-state index is -0.0966. The third kappa shape index (κ3) is 4.24. The van der Waals surface area contributed by atoms with Gasteiger partial charge in [0.1, 0.15) is 11.5 Å². The summed E-state index contributed by atoms with van der Waals surface area (Å²) in [6, 6.07) is 11.4. The van der Waals surface area contributed by atoms with Gasteiger partial charge in [0.25, 0.3) is 11.8 Å². The number of aromatic nitrogens is 1. The number of hydrogen-bond acceptors (Lipinski definition) is 5. The topological polar surface area (TPSA) is 66.7 Å². The molecule has 1 aliphatic rings. The van der Waals surface area contributed by atoms with Crippen molar-refractivity contribution < 1.29 is 14.0 Å². The summed E-state index contributed by atoms with van der Waals surface area (Å²) >= 11 is 1.40. The Morgan fingerprint density at radius 3 is 2.45 bits per heavy atom. The van der Waals surface area contributed by atoms with E-state index in [-0.39, 0.29) is 11.8 Å². The van der Waals surface area contributed by atoms with Crippen LogP contribution in [0.1, 0.15) is 38.6 Å². The van der Waals surface area contributed by atoms with E-state index in [0.717, 1.165) is 17.7 Å². The summed E-state index contributed by atoms with van der Waals surface area (Å²) in [5.74, 6) is 1.42. The summed E-state index contributed by atoms with van der Waals surface area (Å²) in [5.41, 5.74) is 2.19. The van der Waals surface area contributed by atoms with Crippen LogP contribution in [0.25, 0.3) is 10.8 Å². The van der Waals surface area contributed by atoms with Crippen LogP contribution in [-0.2, 0) is 0 Å². The summed E-state index contributed by atoms with van der Waals surface area (Å²) in [6.45, 7) is 6.14. The number of hydrogen-bond donors (Lipinski definition) is 0. The van der Waals surface area contributed by atoms with Crippen LogP contribution in [0.15, 0.2) is 46.2 Å². The van der Waals surface area contributed by atoms with E-state index in [4.69, 9.17) is 4.42 Å². The predicted octanol–water partition coefficient (Wildman–Crippen LogP) is 4.01. The standard InChI is InChI=1S/C22H23N3O3S/c1-15-5-3-6-17(13-15)21(26)24-9-4-10-25(12-11-24)22(27)18-14-29-20(23-18)19-8-7-16(2)28-19/h3,5-8,13-14H,4,9-12H2,1-2H3. The second kappa shape index (κ2) is 8.21. The molecule has 0 atom stereocenters. The van der Waals surface area contributed by atoms with Gasteiger partial charge in [-0.15, -0.1) is 11.3 Å². The van der Waals surface area contributed by atoms with Crippen LogP contribution in [0, 0.1) is 13.8 Å². The van der Waals surface area contributed by atoms with Gasteiger partial charge in [0.05, 0.1) is 0 Å². The molecule has 4 rings (SSSR count). The highest BCUT2D eigenvalue weighted by molar-refractivity contribution is 7.13. The van der Waals surface area contributed by atoms with Gasteiger partial charge >= 0.3 is 0 Å². The Bertz CT molecular complexity index is 1040. The van der Waals surface area contributed by atoms with Crippen molar-refractivity contribution in [3.63, 3.8) is 0 Å². The highest BCUT2D eigenvalue weighted by atomic mass is 32.1. The molecule has 29 heavy (non-hydrogen) atoms. The van der Waals surface area contributed by atoms with E-state index in [2.05, 4.69) is 4.98 Å². The fourth-order valence-electron chi connectivity index (χ4n) is 3.48. The zero-order valence-electron chi connectivity index (χ0n) is 16.6. The average Bonchev–Trinajstić information content (AvgIpc) is 3.30. The first kappa shape index (κ1) is 19.4. The SMILES string of the molecule is Cc1cccc(C(=O)N2CCCN(C(=O)c3csc(-c4ccc(C)o4)n3)CC2)c1. The van der Waals surface area contributed by atoms with Gasteiger partial charge in [0.2, 0.25) is 0 Å². The maximum absolute atomic E-state index is 12.9. The van der Waals surface area contributed by atoms with Crippen molar-refractivity contribution in [3.05, 3.63) is 64.4 Å². The number of thiazole rings is 1. The number of nitrogens with zero attached hydrogens (tertiary/aromatic N) is 3. The monoisotopic (exact) mass is 409 g/mol. The largest absolute Gasteiger partial charge is 0.459 e. The number of amides is 2. The van der Waals surface area contributed by atoms with Gasteiger partial charge in [0.15, 0.2) is 10.8 Å². The normalized spacial score (nSPS) is 14.7. The molecule has 0 bridgehead atoms. The van der Waals surface area contributed by atoms with E-state index >= 15 is 0 Å². The van der Waals surface area contributed by atoms with Gasteiger partial charge in [-0.3, -0.25) is 9.59 Å². The first-order valence-corrected chi connectivity index (χ1v) is 10.6. The van der Waals surface area contributed by atoms with Crippen LogP contribution >= 0.6 is 11.3 Å². The minimum Gasteiger partial charge on any atom is -0.459 e. The molecule has 150 valence electrons. The third-order valence-electron chi connectivity index (χ3n) is 5.01. The van der Waals surface area contributed by atoms with Gasteiger partial charge in [-0.05, 0) is 44.5 Å². The molecule has 1 saturated heterocycles. The Morgan fingerprint density at radius 2 is 1.76 bits per heavy atom. The Kier molecular flexibility index (Phi) is 5.49. The van der Waals surface area contributed by atoms with Crippen LogP contribution < -0.4 is 0 Å². The molecule has 0 N–H and O–H groups in total. The van der Waals surface area contributed by atoms with E-state index < -0.39 is 0 Å². The maximum atomic E-state index is 12.9. The van der Waals surface area contributed by atoms with Crippen molar-refractivity contribution >= 4 is 23.2 Å². The summed E-state index contributed by atoms with van der Waals surface area (Å²) in [7, 11) is 0. The predicted molar refractivity (Wildman–Crippen MR) is 112 cm³/mol. The molecule has 7 heteroatoms. The van der Waals surface area contributed by atoms with Crippen molar-refractivity contribution in [1.82, 2.24) is 14.8 Å². The molecule has 1 aliphatic heterocycles. The molecule has 2 amide bonds. The lowest BCUT2D eigenvalue weighted by atomic mass is 10.1. The molecular formula is C22H23N3O3S. The molecule has 3 aromatic rings. The lowest BCUT2D eigenvalue weighted by molar-refractivity contribution is 0.0716. The molecule has 3 heterocycles. The zero-order chi connectivity index (χ0) is 20.4. The molecule has 0 aliphatic carbocycles. The van der Waals surface area contributed by atoms with Crippen LogP contribution in [0.5, 0.6) is 0 Å². The molecule has 2 aromatic heterocycles. The molecule has 1 fully saturated rings. The number of carbonyl (C=O) groups excluding carboxylic acids is 2. The Morgan fingerprint density at radius 1 is 1.00 bits per heavy atom. The van der Waals surface area contributed by atoms with Crippen molar-refractivity contribution in [2.75, 3.05) is 26.2 Å². The summed E-state index contributed by atoms with van der Waals surface area (Å²) in [5, 5.41) is 2.48. The van der Waals surface area contributed by atoms with Crippen molar-refractivity contribution in [1.29, 1.82) is 0 Å². The van der Waals surface area contributed by atoms with Gasteiger partial charge < -0.3 is 14.2 Å². The number of aryl methyl sites for hydroxylation is 2. The average molecular weight is 410 g/mol. The highest BCUT2D eigenvalue weighted by Gasteiger charge is 2.25. The first-order valence-electron chi connectivity index (χ1n) is 9.69. The van der Waals surface area contributed by atoms with Gasteiger partial charge in [-0.25, -0.2) is 4.98 Å². The second-order valence-corrected chi connectivity index (χ2v) is 8.11. The Balaban J connectivity index is 1.42.